The fraction of sp³-hybridized carbons (Fsp3) is 0.304. The van der Waals surface area contributed by atoms with Crippen LogP contribution in [0.3, 0.4) is 0 Å². The largest absolute Gasteiger partial charge is 0.349 e. The zero-order valence-corrected chi connectivity index (χ0v) is 17.5. The first-order valence-electron chi connectivity index (χ1n) is 10.1. The summed E-state index contributed by atoms with van der Waals surface area (Å²) in [6.45, 7) is 4.84. The van der Waals surface area contributed by atoms with Gasteiger partial charge >= 0.3 is 5.92 Å². The maximum Gasteiger partial charge on any atom is 0.349 e. The van der Waals surface area contributed by atoms with Gasteiger partial charge in [-0.1, -0.05) is 43.0 Å². The SMILES string of the molecule is C=C/C=C\C(=C/C)C(F)(F)C(=O)NCc1ccc2c(c1)CN(C1CCC(=O)NC1=O)C2=O. The van der Waals surface area contributed by atoms with Crippen LogP contribution in [-0.2, 0) is 27.5 Å². The highest BCUT2D eigenvalue weighted by Crippen LogP contribution is 2.29. The van der Waals surface area contributed by atoms with E-state index in [1.54, 1.807) is 18.2 Å². The van der Waals surface area contributed by atoms with Gasteiger partial charge in [0.2, 0.25) is 11.8 Å². The normalized spacial score (nSPS) is 19.2. The summed E-state index contributed by atoms with van der Waals surface area (Å²) < 4.78 is 28.8. The van der Waals surface area contributed by atoms with Crippen molar-refractivity contribution in [3.8, 4) is 0 Å². The summed E-state index contributed by atoms with van der Waals surface area (Å²) in [5.74, 6) is -6.37. The Balaban J connectivity index is 1.68. The number of piperidine rings is 1. The number of alkyl halides is 2. The average Bonchev–Trinajstić information content (AvgIpc) is 3.08. The van der Waals surface area contributed by atoms with E-state index in [-0.39, 0.29) is 37.7 Å². The van der Waals surface area contributed by atoms with Crippen molar-refractivity contribution in [2.24, 2.45) is 0 Å². The Hall–Kier alpha value is -3.62. The minimum absolute atomic E-state index is 0.151. The van der Waals surface area contributed by atoms with Gasteiger partial charge in [-0.3, -0.25) is 24.5 Å². The number of nitrogens with zero attached hydrogens (tertiary/aromatic N) is 1. The van der Waals surface area contributed by atoms with Gasteiger partial charge in [-0.15, -0.1) is 0 Å². The number of imide groups is 1. The minimum atomic E-state index is -3.72. The van der Waals surface area contributed by atoms with E-state index in [0.717, 1.165) is 12.2 Å². The lowest BCUT2D eigenvalue weighted by molar-refractivity contribution is -0.140. The maximum atomic E-state index is 14.4. The van der Waals surface area contributed by atoms with Crippen LogP contribution < -0.4 is 10.6 Å². The van der Waals surface area contributed by atoms with Crippen LogP contribution in [0.5, 0.6) is 0 Å². The van der Waals surface area contributed by atoms with E-state index in [9.17, 15) is 28.0 Å². The van der Waals surface area contributed by atoms with Gasteiger partial charge in [-0.2, -0.15) is 8.78 Å². The second-order valence-corrected chi connectivity index (χ2v) is 7.49. The predicted molar refractivity (Wildman–Crippen MR) is 112 cm³/mol. The molecule has 168 valence electrons. The first-order chi connectivity index (χ1) is 15.2. The lowest BCUT2D eigenvalue weighted by Gasteiger charge is -2.29. The Morgan fingerprint density at radius 1 is 1.34 bits per heavy atom. The number of carbonyl (C=O) groups is 4. The highest BCUT2D eigenvalue weighted by Gasteiger charge is 2.41. The standard InChI is InChI=1S/C23H23F2N3O4/c1-3-5-6-16(4-2)23(24,25)22(32)26-12-14-7-8-17-15(11-14)13-28(21(17)31)18-9-10-19(29)27-20(18)30/h3-8,11,18H,1,9-10,12-13H2,2H3,(H,26,32)(H,27,29,30)/b6-5-,16-4+. The molecule has 1 atom stereocenters. The molecule has 1 aromatic rings. The molecule has 0 aromatic heterocycles. The van der Waals surface area contributed by atoms with E-state index in [2.05, 4.69) is 17.2 Å². The second kappa shape index (κ2) is 9.25. The Bertz CT molecular complexity index is 1050. The summed E-state index contributed by atoms with van der Waals surface area (Å²) in [5.41, 5.74) is 1.12. The molecule has 7 nitrogen and oxygen atoms in total. The monoisotopic (exact) mass is 443 g/mol. The van der Waals surface area contributed by atoms with Crippen molar-refractivity contribution in [1.29, 1.82) is 0 Å². The Morgan fingerprint density at radius 2 is 2.09 bits per heavy atom. The molecule has 3 rings (SSSR count). The molecule has 2 N–H and O–H groups in total. The molecule has 1 fully saturated rings. The van der Waals surface area contributed by atoms with E-state index in [0.29, 0.717) is 16.7 Å². The van der Waals surface area contributed by atoms with E-state index >= 15 is 0 Å². The molecule has 1 saturated heterocycles. The molecule has 2 heterocycles. The highest BCUT2D eigenvalue weighted by molar-refractivity contribution is 6.05. The summed E-state index contributed by atoms with van der Waals surface area (Å²) in [5, 5.41) is 4.46. The van der Waals surface area contributed by atoms with Crippen LogP contribution in [0.1, 0.15) is 41.3 Å². The van der Waals surface area contributed by atoms with Crippen molar-refractivity contribution in [2.45, 2.75) is 44.8 Å². The third kappa shape index (κ3) is 4.51. The number of hydrogen-bond donors (Lipinski definition) is 2. The lowest BCUT2D eigenvalue weighted by atomic mass is 10.0. The summed E-state index contributed by atoms with van der Waals surface area (Å²) in [6, 6.07) is 4.02. The first-order valence-corrected chi connectivity index (χ1v) is 10.1. The molecule has 2 aliphatic heterocycles. The molecule has 0 saturated carbocycles. The number of hydrogen-bond acceptors (Lipinski definition) is 4. The van der Waals surface area contributed by atoms with Crippen LogP contribution >= 0.6 is 0 Å². The zero-order chi connectivity index (χ0) is 23.5. The number of nitrogens with one attached hydrogen (secondary N) is 2. The van der Waals surface area contributed by atoms with Gasteiger partial charge in [-0.25, -0.2) is 0 Å². The highest BCUT2D eigenvalue weighted by atomic mass is 19.3. The van der Waals surface area contributed by atoms with E-state index in [1.165, 1.54) is 24.0 Å². The van der Waals surface area contributed by atoms with Crippen molar-refractivity contribution >= 4 is 23.6 Å². The fourth-order valence-corrected chi connectivity index (χ4v) is 3.72. The first kappa shape index (κ1) is 23.1. The van der Waals surface area contributed by atoms with Crippen LogP contribution in [0, 0.1) is 0 Å². The summed E-state index contributed by atoms with van der Waals surface area (Å²) >= 11 is 0. The number of allylic oxidation sites excluding steroid dienone is 4. The van der Waals surface area contributed by atoms with Gasteiger partial charge in [0.05, 0.1) is 0 Å². The lowest BCUT2D eigenvalue weighted by Crippen LogP contribution is -2.52. The van der Waals surface area contributed by atoms with E-state index in [4.69, 9.17) is 0 Å². The number of carbonyl (C=O) groups excluding carboxylic acids is 4. The molecule has 9 heteroatoms. The molecule has 1 aromatic carbocycles. The van der Waals surface area contributed by atoms with Gasteiger partial charge in [0, 0.05) is 30.6 Å². The third-order valence-corrected chi connectivity index (χ3v) is 5.41. The zero-order valence-electron chi connectivity index (χ0n) is 17.5. The van der Waals surface area contributed by atoms with Crippen molar-refractivity contribution in [3.05, 3.63) is 71.3 Å². The van der Waals surface area contributed by atoms with Gasteiger partial charge in [-0.05, 0) is 30.5 Å². The molecule has 1 unspecified atom stereocenters. The van der Waals surface area contributed by atoms with Gasteiger partial charge in [0.25, 0.3) is 11.8 Å². The molecular weight excluding hydrogens is 420 g/mol. The van der Waals surface area contributed by atoms with Crippen LogP contribution in [-0.4, -0.2) is 40.5 Å². The van der Waals surface area contributed by atoms with Crippen LogP contribution in [0.15, 0.2) is 54.7 Å². The van der Waals surface area contributed by atoms with Gasteiger partial charge < -0.3 is 10.2 Å². The summed E-state index contributed by atoms with van der Waals surface area (Å²) in [7, 11) is 0. The number of benzene rings is 1. The second-order valence-electron chi connectivity index (χ2n) is 7.49. The Kier molecular flexibility index (Phi) is 6.67. The Labute approximate surface area is 183 Å². The van der Waals surface area contributed by atoms with Gasteiger partial charge in [0.15, 0.2) is 0 Å². The number of fused-ring (bicyclic) bond motifs is 1. The predicted octanol–water partition coefficient (Wildman–Crippen LogP) is 2.39. The van der Waals surface area contributed by atoms with E-state index in [1.807, 2.05) is 0 Å². The molecule has 2 aliphatic rings. The molecule has 0 spiro atoms. The fourth-order valence-electron chi connectivity index (χ4n) is 3.72. The average molecular weight is 443 g/mol. The maximum absolute atomic E-state index is 14.4. The molecule has 32 heavy (non-hydrogen) atoms. The molecule has 0 radical (unpaired) electrons. The minimum Gasteiger partial charge on any atom is -0.346 e. The number of amides is 4. The topological polar surface area (TPSA) is 95.6 Å². The van der Waals surface area contributed by atoms with Crippen LogP contribution in [0.4, 0.5) is 8.78 Å². The van der Waals surface area contributed by atoms with Crippen molar-refractivity contribution in [1.82, 2.24) is 15.5 Å². The van der Waals surface area contributed by atoms with Gasteiger partial charge in [0.1, 0.15) is 6.04 Å². The number of halogens is 2. The number of rotatable bonds is 7. The Morgan fingerprint density at radius 3 is 2.75 bits per heavy atom. The molecular formula is C23H23F2N3O4. The molecule has 0 aliphatic carbocycles. The third-order valence-electron chi connectivity index (χ3n) is 5.41. The van der Waals surface area contributed by atoms with Crippen molar-refractivity contribution in [2.75, 3.05) is 0 Å². The smallest absolute Gasteiger partial charge is 0.346 e. The van der Waals surface area contributed by atoms with Crippen LogP contribution in [0.25, 0.3) is 0 Å². The quantitative estimate of drug-likeness (QED) is 0.500. The summed E-state index contributed by atoms with van der Waals surface area (Å²) in [6.07, 6.45) is 5.33. The van der Waals surface area contributed by atoms with Crippen molar-refractivity contribution in [3.63, 3.8) is 0 Å². The van der Waals surface area contributed by atoms with Crippen molar-refractivity contribution < 1.29 is 28.0 Å². The van der Waals surface area contributed by atoms with Crippen LogP contribution in [0.2, 0.25) is 0 Å². The molecule has 4 amide bonds. The van der Waals surface area contributed by atoms with E-state index < -0.39 is 29.4 Å². The molecule has 0 bridgehead atoms. The summed E-state index contributed by atoms with van der Waals surface area (Å²) in [4.78, 5) is 49.7.